The molecule has 1 aromatic rings. The van der Waals surface area contributed by atoms with E-state index in [-0.39, 0.29) is 11.7 Å². The molecule has 0 saturated carbocycles. The van der Waals surface area contributed by atoms with E-state index in [9.17, 15) is 9.18 Å². The third-order valence-electron chi connectivity index (χ3n) is 4.10. The molecule has 0 aromatic heterocycles. The van der Waals surface area contributed by atoms with Crippen LogP contribution in [0.3, 0.4) is 0 Å². The molecule has 1 heterocycles. The zero-order valence-electron chi connectivity index (χ0n) is 12.6. The van der Waals surface area contributed by atoms with Crippen molar-refractivity contribution in [2.45, 2.75) is 25.8 Å². The van der Waals surface area contributed by atoms with Gasteiger partial charge in [-0.3, -0.25) is 9.69 Å². The number of piperazine rings is 1. The highest BCUT2D eigenvalue weighted by Crippen LogP contribution is 2.13. The van der Waals surface area contributed by atoms with E-state index in [0.717, 1.165) is 25.9 Å². The van der Waals surface area contributed by atoms with Crippen molar-refractivity contribution >= 4 is 5.91 Å². The van der Waals surface area contributed by atoms with E-state index < -0.39 is 0 Å². The van der Waals surface area contributed by atoms with E-state index in [4.69, 9.17) is 5.73 Å². The predicted octanol–water partition coefficient (Wildman–Crippen LogP) is 1.71. The first-order valence-corrected chi connectivity index (χ1v) is 7.64. The minimum Gasteiger partial charge on any atom is -0.336 e. The number of nitrogens with zero attached hydrogens (tertiary/aromatic N) is 2. The largest absolute Gasteiger partial charge is 0.336 e. The Morgan fingerprint density at radius 2 is 1.86 bits per heavy atom. The number of benzene rings is 1. The van der Waals surface area contributed by atoms with E-state index in [1.54, 1.807) is 12.1 Å². The van der Waals surface area contributed by atoms with Gasteiger partial charge in [-0.25, -0.2) is 4.39 Å². The fourth-order valence-corrected chi connectivity index (χ4v) is 2.85. The van der Waals surface area contributed by atoms with Gasteiger partial charge in [-0.1, -0.05) is 13.3 Å². The number of carbonyl (C=O) groups is 1. The molecule has 2 N–H and O–H groups in total. The number of hydrogen-bond donors (Lipinski definition) is 1. The SMILES string of the molecule is CCCC(CN)N1CCN(C(=O)c2ccc(F)cc2)CC1. The lowest BCUT2D eigenvalue weighted by Gasteiger charge is -2.39. The van der Waals surface area contributed by atoms with Gasteiger partial charge in [-0.15, -0.1) is 0 Å². The summed E-state index contributed by atoms with van der Waals surface area (Å²) in [5.41, 5.74) is 6.38. The highest BCUT2D eigenvalue weighted by Gasteiger charge is 2.25. The topological polar surface area (TPSA) is 49.6 Å². The fraction of sp³-hybridized carbons (Fsp3) is 0.562. The minimum absolute atomic E-state index is 0.0190. The van der Waals surface area contributed by atoms with Crippen molar-refractivity contribution in [2.24, 2.45) is 5.73 Å². The van der Waals surface area contributed by atoms with Gasteiger partial charge in [-0.05, 0) is 30.7 Å². The second-order valence-corrected chi connectivity index (χ2v) is 5.51. The molecule has 1 unspecified atom stereocenters. The second-order valence-electron chi connectivity index (χ2n) is 5.51. The summed E-state index contributed by atoms with van der Waals surface area (Å²) in [6.07, 6.45) is 2.22. The van der Waals surface area contributed by atoms with Crippen molar-refractivity contribution in [3.8, 4) is 0 Å². The standard InChI is InChI=1S/C16H24FN3O/c1-2-3-15(12-18)19-8-10-20(11-9-19)16(21)13-4-6-14(17)7-5-13/h4-7,15H,2-3,8-12,18H2,1H3. The van der Waals surface area contributed by atoms with Crippen molar-refractivity contribution in [3.63, 3.8) is 0 Å². The molecule has 1 aliphatic heterocycles. The van der Waals surface area contributed by atoms with Crippen LogP contribution in [0.15, 0.2) is 24.3 Å². The van der Waals surface area contributed by atoms with Gasteiger partial charge < -0.3 is 10.6 Å². The lowest BCUT2D eigenvalue weighted by atomic mass is 10.1. The maximum atomic E-state index is 12.9. The van der Waals surface area contributed by atoms with E-state index in [2.05, 4.69) is 11.8 Å². The van der Waals surface area contributed by atoms with Crippen LogP contribution in [0, 0.1) is 5.82 Å². The molecular formula is C16H24FN3O. The number of rotatable bonds is 5. The molecular weight excluding hydrogens is 269 g/mol. The molecule has 1 amide bonds. The number of amides is 1. The summed E-state index contributed by atoms with van der Waals surface area (Å²) in [5, 5.41) is 0. The van der Waals surface area contributed by atoms with Crippen molar-refractivity contribution in [1.82, 2.24) is 9.80 Å². The van der Waals surface area contributed by atoms with Gasteiger partial charge in [0.05, 0.1) is 0 Å². The molecule has 0 spiro atoms. The normalized spacial score (nSPS) is 17.8. The van der Waals surface area contributed by atoms with Gasteiger partial charge >= 0.3 is 0 Å². The van der Waals surface area contributed by atoms with Gasteiger partial charge in [0.15, 0.2) is 0 Å². The van der Waals surface area contributed by atoms with Crippen LogP contribution in [-0.4, -0.2) is 54.5 Å². The maximum Gasteiger partial charge on any atom is 0.253 e. The predicted molar refractivity (Wildman–Crippen MR) is 81.6 cm³/mol. The molecule has 1 atom stereocenters. The number of carbonyl (C=O) groups excluding carboxylic acids is 1. The first-order valence-electron chi connectivity index (χ1n) is 7.64. The summed E-state index contributed by atoms with van der Waals surface area (Å²) >= 11 is 0. The van der Waals surface area contributed by atoms with Crippen LogP contribution in [0.1, 0.15) is 30.1 Å². The summed E-state index contributed by atoms with van der Waals surface area (Å²) in [6.45, 7) is 5.95. The maximum absolute atomic E-state index is 12.9. The molecule has 2 rings (SSSR count). The van der Waals surface area contributed by atoms with Crippen LogP contribution in [-0.2, 0) is 0 Å². The molecule has 0 aliphatic carbocycles. The lowest BCUT2D eigenvalue weighted by molar-refractivity contribution is 0.0566. The zero-order chi connectivity index (χ0) is 15.2. The van der Waals surface area contributed by atoms with Gasteiger partial charge in [0.2, 0.25) is 0 Å². The van der Waals surface area contributed by atoms with Gasteiger partial charge in [-0.2, -0.15) is 0 Å². The first-order chi connectivity index (χ1) is 10.2. The van der Waals surface area contributed by atoms with Crippen LogP contribution in [0.4, 0.5) is 4.39 Å². The highest BCUT2D eigenvalue weighted by molar-refractivity contribution is 5.94. The molecule has 116 valence electrons. The molecule has 1 aliphatic rings. The average Bonchev–Trinajstić information content (AvgIpc) is 2.53. The smallest absolute Gasteiger partial charge is 0.253 e. The summed E-state index contributed by atoms with van der Waals surface area (Å²) in [7, 11) is 0. The second kappa shape index (κ2) is 7.52. The fourth-order valence-electron chi connectivity index (χ4n) is 2.85. The highest BCUT2D eigenvalue weighted by atomic mass is 19.1. The summed E-state index contributed by atoms with van der Waals surface area (Å²) in [5.74, 6) is -0.337. The molecule has 1 fully saturated rings. The van der Waals surface area contributed by atoms with E-state index in [1.807, 2.05) is 4.90 Å². The van der Waals surface area contributed by atoms with Crippen molar-refractivity contribution in [3.05, 3.63) is 35.6 Å². The Kier molecular flexibility index (Phi) is 5.70. The van der Waals surface area contributed by atoms with Crippen LogP contribution >= 0.6 is 0 Å². The summed E-state index contributed by atoms with van der Waals surface area (Å²) < 4.78 is 12.9. The Labute approximate surface area is 125 Å². The van der Waals surface area contributed by atoms with Crippen LogP contribution in [0.2, 0.25) is 0 Å². The molecule has 4 nitrogen and oxygen atoms in total. The Balaban J connectivity index is 1.91. The Morgan fingerprint density at radius 3 is 2.38 bits per heavy atom. The van der Waals surface area contributed by atoms with Crippen LogP contribution in [0.5, 0.6) is 0 Å². The molecule has 0 bridgehead atoms. The summed E-state index contributed by atoms with van der Waals surface area (Å²) in [4.78, 5) is 16.6. The van der Waals surface area contributed by atoms with E-state index in [0.29, 0.717) is 31.2 Å². The molecule has 1 saturated heterocycles. The molecule has 21 heavy (non-hydrogen) atoms. The van der Waals surface area contributed by atoms with Crippen LogP contribution in [0.25, 0.3) is 0 Å². The Hall–Kier alpha value is -1.46. The third kappa shape index (κ3) is 4.02. The van der Waals surface area contributed by atoms with Gasteiger partial charge in [0.25, 0.3) is 5.91 Å². The summed E-state index contributed by atoms with van der Waals surface area (Å²) in [6, 6.07) is 6.16. The van der Waals surface area contributed by atoms with Crippen molar-refractivity contribution < 1.29 is 9.18 Å². The quantitative estimate of drug-likeness (QED) is 0.899. The Bertz CT molecular complexity index is 455. The van der Waals surface area contributed by atoms with Gasteiger partial charge in [0, 0.05) is 44.3 Å². The minimum atomic E-state index is -0.318. The lowest BCUT2D eigenvalue weighted by Crippen LogP contribution is -2.53. The number of nitrogens with two attached hydrogens (primary N) is 1. The average molecular weight is 293 g/mol. The van der Waals surface area contributed by atoms with Crippen molar-refractivity contribution in [2.75, 3.05) is 32.7 Å². The van der Waals surface area contributed by atoms with Crippen molar-refractivity contribution in [1.29, 1.82) is 0 Å². The Morgan fingerprint density at radius 1 is 1.24 bits per heavy atom. The molecule has 5 heteroatoms. The monoisotopic (exact) mass is 293 g/mol. The van der Waals surface area contributed by atoms with Gasteiger partial charge in [0.1, 0.15) is 5.82 Å². The molecule has 1 aromatic carbocycles. The third-order valence-corrected chi connectivity index (χ3v) is 4.10. The molecule has 0 radical (unpaired) electrons. The van der Waals surface area contributed by atoms with E-state index in [1.165, 1.54) is 12.1 Å². The van der Waals surface area contributed by atoms with Crippen LogP contribution < -0.4 is 5.73 Å². The first kappa shape index (κ1) is 15.9. The number of halogens is 1. The van der Waals surface area contributed by atoms with E-state index >= 15 is 0 Å². The zero-order valence-corrected chi connectivity index (χ0v) is 12.6. The number of hydrogen-bond acceptors (Lipinski definition) is 3.